The Kier molecular flexibility index (Phi) is 5.44. The quantitative estimate of drug-likeness (QED) is 0.377. The first-order valence-corrected chi connectivity index (χ1v) is 11.2. The van der Waals surface area contributed by atoms with Crippen molar-refractivity contribution in [2.24, 2.45) is 0 Å². The monoisotopic (exact) mass is 424 g/mol. The van der Waals surface area contributed by atoms with Crippen LogP contribution in [0.25, 0.3) is 10.9 Å². The molecule has 1 aliphatic heterocycles. The van der Waals surface area contributed by atoms with Crippen molar-refractivity contribution in [1.29, 1.82) is 0 Å². The van der Waals surface area contributed by atoms with Gasteiger partial charge in [-0.05, 0) is 60.7 Å². The van der Waals surface area contributed by atoms with Gasteiger partial charge in [0.05, 0.1) is 13.2 Å². The lowest BCUT2D eigenvalue weighted by atomic mass is 9.80. The van der Waals surface area contributed by atoms with E-state index in [0.717, 1.165) is 29.8 Å². The Morgan fingerprint density at radius 3 is 2.59 bits per heavy atom. The van der Waals surface area contributed by atoms with Crippen LogP contribution < -0.4 is 10.1 Å². The molecule has 0 saturated heterocycles. The van der Waals surface area contributed by atoms with E-state index in [1.165, 1.54) is 27.8 Å². The Morgan fingerprint density at radius 2 is 1.81 bits per heavy atom. The molecule has 0 aliphatic carbocycles. The number of benzene rings is 3. The number of aromatic nitrogens is 1. The van der Waals surface area contributed by atoms with Gasteiger partial charge in [-0.25, -0.2) is 0 Å². The molecule has 0 amide bonds. The van der Waals surface area contributed by atoms with Crippen LogP contribution in [0.15, 0.2) is 72.8 Å². The molecule has 0 radical (unpaired) electrons. The molecule has 3 aromatic carbocycles. The Bertz CT molecular complexity index is 1260. The smallest absolute Gasteiger partial charge is 0.130 e. The number of aryl methyl sites for hydroxylation is 1. The van der Waals surface area contributed by atoms with E-state index >= 15 is 0 Å². The number of Topliss-reactive ketones (excluding diaryl/α,β-unsaturated/α-hetero) is 1. The Morgan fingerprint density at radius 1 is 1.03 bits per heavy atom. The summed E-state index contributed by atoms with van der Waals surface area (Å²) < 4.78 is 5.56. The Hall–Kier alpha value is -3.53. The Balaban J connectivity index is 1.66. The zero-order valence-electron chi connectivity index (χ0n) is 18.5. The van der Waals surface area contributed by atoms with E-state index in [9.17, 15) is 4.79 Å². The summed E-state index contributed by atoms with van der Waals surface area (Å²) in [5, 5.41) is 4.96. The van der Waals surface area contributed by atoms with Crippen LogP contribution >= 0.6 is 0 Å². The minimum absolute atomic E-state index is 0.168. The maximum absolute atomic E-state index is 11.8. The molecule has 0 bridgehead atoms. The van der Waals surface area contributed by atoms with Crippen LogP contribution in [0.5, 0.6) is 5.75 Å². The van der Waals surface area contributed by atoms with Crippen molar-refractivity contribution >= 4 is 22.4 Å². The van der Waals surface area contributed by atoms with Crippen molar-refractivity contribution in [3.63, 3.8) is 0 Å². The SMILES string of the molecule is COc1ccc2c(c1)[C@H](c1[nH]c3ccccc3c1CCC(C)=O)C[C@H](c1ccccc1)N2. The number of fused-ring (bicyclic) bond motifs is 2. The fraction of sp³-hybridized carbons (Fsp3) is 0.250. The lowest BCUT2D eigenvalue weighted by Gasteiger charge is -2.34. The number of hydrogen-bond donors (Lipinski definition) is 2. The molecule has 1 aliphatic rings. The first-order valence-electron chi connectivity index (χ1n) is 11.2. The van der Waals surface area contributed by atoms with Crippen molar-refractivity contribution < 1.29 is 9.53 Å². The number of rotatable bonds is 6. The van der Waals surface area contributed by atoms with Crippen molar-refractivity contribution in [1.82, 2.24) is 4.98 Å². The number of ether oxygens (including phenoxy) is 1. The average Bonchev–Trinajstić information content (AvgIpc) is 3.20. The van der Waals surface area contributed by atoms with E-state index in [1.54, 1.807) is 14.0 Å². The van der Waals surface area contributed by atoms with Gasteiger partial charge in [-0.3, -0.25) is 0 Å². The zero-order chi connectivity index (χ0) is 22.1. The maximum Gasteiger partial charge on any atom is 0.130 e. The molecule has 4 heteroatoms. The molecular formula is C28H28N2O2. The van der Waals surface area contributed by atoms with Crippen LogP contribution in [-0.2, 0) is 11.2 Å². The summed E-state index contributed by atoms with van der Waals surface area (Å²) in [5.74, 6) is 1.24. The molecule has 162 valence electrons. The molecule has 2 atom stereocenters. The summed E-state index contributed by atoms with van der Waals surface area (Å²) in [5.41, 5.74) is 7.23. The summed E-state index contributed by atoms with van der Waals surface area (Å²) in [6, 6.07) is 25.5. The number of carbonyl (C=O) groups excluding carboxylic acids is 1. The van der Waals surface area contributed by atoms with E-state index in [4.69, 9.17) is 4.74 Å². The molecule has 0 unspecified atom stereocenters. The number of carbonyl (C=O) groups is 1. The topological polar surface area (TPSA) is 54.1 Å². The standard InChI is InChI=1S/C28H28N2O2/c1-18(31)12-14-22-21-10-6-7-11-25(21)30-28(22)24-17-27(19-8-4-3-5-9-19)29-26-15-13-20(32-2)16-23(24)26/h3-11,13,15-16,24,27,29-30H,12,14,17H2,1-2H3/t24-,27-/m1/s1. The lowest BCUT2D eigenvalue weighted by molar-refractivity contribution is -0.116. The highest BCUT2D eigenvalue weighted by atomic mass is 16.5. The normalized spacial score (nSPS) is 17.6. The van der Waals surface area contributed by atoms with E-state index in [0.29, 0.717) is 6.42 Å². The number of hydrogen-bond acceptors (Lipinski definition) is 3. The van der Waals surface area contributed by atoms with Crippen LogP contribution in [-0.4, -0.2) is 17.9 Å². The second-order valence-electron chi connectivity index (χ2n) is 8.61. The highest BCUT2D eigenvalue weighted by Crippen LogP contribution is 2.46. The van der Waals surface area contributed by atoms with Gasteiger partial charge in [-0.2, -0.15) is 0 Å². The summed E-state index contributed by atoms with van der Waals surface area (Å²) in [4.78, 5) is 15.6. The minimum atomic E-state index is 0.168. The van der Waals surface area contributed by atoms with Crippen molar-refractivity contribution in [3.8, 4) is 5.75 Å². The van der Waals surface area contributed by atoms with Gasteiger partial charge in [-0.15, -0.1) is 0 Å². The molecule has 4 nitrogen and oxygen atoms in total. The summed E-state index contributed by atoms with van der Waals surface area (Å²) in [6.07, 6.45) is 2.21. The molecule has 5 rings (SSSR count). The fourth-order valence-electron chi connectivity index (χ4n) is 4.96. The van der Waals surface area contributed by atoms with Crippen LogP contribution in [0.4, 0.5) is 5.69 Å². The van der Waals surface area contributed by atoms with Gasteiger partial charge in [0.15, 0.2) is 0 Å². The Labute approximate surface area is 188 Å². The van der Waals surface area contributed by atoms with Crippen molar-refractivity contribution in [2.45, 2.75) is 38.1 Å². The minimum Gasteiger partial charge on any atom is -0.497 e. The van der Waals surface area contributed by atoms with Gasteiger partial charge >= 0.3 is 0 Å². The first-order chi connectivity index (χ1) is 15.6. The van der Waals surface area contributed by atoms with Crippen LogP contribution in [0.1, 0.15) is 54.1 Å². The van der Waals surface area contributed by atoms with Crippen molar-refractivity contribution in [2.75, 3.05) is 12.4 Å². The number of anilines is 1. The average molecular weight is 425 g/mol. The highest BCUT2D eigenvalue weighted by Gasteiger charge is 2.32. The number of methoxy groups -OCH3 is 1. The molecule has 32 heavy (non-hydrogen) atoms. The van der Waals surface area contributed by atoms with E-state index in [-0.39, 0.29) is 17.7 Å². The summed E-state index contributed by atoms with van der Waals surface area (Å²) in [6.45, 7) is 1.67. The third kappa shape index (κ3) is 3.77. The molecule has 1 aromatic heterocycles. The number of aromatic amines is 1. The summed E-state index contributed by atoms with van der Waals surface area (Å²) in [7, 11) is 1.71. The fourth-order valence-corrected chi connectivity index (χ4v) is 4.96. The second-order valence-corrected chi connectivity index (χ2v) is 8.61. The molecule has 2 heterocycles. The lowest BCUT2D eigenvalue weighted by Crippen LogP contribution is -2.23. The number of para-hydroxylation sites is 1. The third-order valence-corrected chi connectivity index (χ3v) is 6.56. The first kappa shape index (κ1) is 20.4. The van der Waals surface area contributed by atoms with Gasteiger partial charge in [0.1, 0.15) is 11.5 Å². The van der Waals surface area contributed by atoms with Crippen LogP contribution in [0.3, 0.4) is 0 Å². The summed E-state index contributed by atoms with van der Waals surface area (Å²) >= 11 is 0. The third-order valence-electron chi connectivity index (χ3n) is 6.56. The molecule has 2 N–H and O–H groups in total. The van der Waals surface area contributed by atoms with Gasteiger partial charge < -0.3 is 19.8 Å². The zero-order valence-corrected chi connectivity index (χ0v) is 18.5. The van der Waals surface area contributed by atoms with E-state index in [2.05, 4.69) is 77.0 Å². The van der Waals surface area contributed by atoms with Gasteiger partial charge in [0.25, 0.3) is 0 Å². The van der Waals surface area contributed by atoms with E-state index in [1.807, 2.05) is 6.07 Å². The van der Waals surface area contributed by atoms with Gasteiger partial charge in [0.2, 0.25) is 0 Å². The van der Waals surface area contributed by atoms with Crippen LogP contribution in [0.2, 0.25) is 0 Å². The molecule has 4 aromatic rings. The highest BCUT2D eigenvalue weighted by molar-refractivity contribution is 5.86. The largest absolute Gasteiger partial charge is 0.497 e. The molecule has 0 fully saturated rings. The molecular weight excluding hydrogens is 396 g/mol. The van der Waals surface area contributed by atoms with Gasteiger partial charge in [-0.1, -0.05) is 48.5 Å². The van der Waals surface area contributed by atoms with E-state index < -0.39 is 0 Å². The van der Waals surface area contributed by atoms with Crippen molar-refractivity contribution in [3.05, 3.63) is 95.2 Å². The number of ketones is 1. The number of H-pyrrole nitrogens is 1. The number of nitrogens with one attached hydrogen (secondary N) is 2. The molecule has 0 spiro atoms. The second kappa shape index (κ2) is 8.54. The van der Waals surface area contributed by atoms with Crippen LogP contribution in [0, 0.1) is 0 Å². The molecule has 0 saturated carbocycles. The predicted molar refractivity (Wildman–Crippen MR) is 130 cm³/mol. The van der Waals surface area contributed by atoms with Gasteiger partial charge in [0, 0.05) is 34.6 Å². The predicted octanol–water partition coefficient (Wildman–Crippen LogP) is 6.39. The maximum atomic E-state index is 11.8.